The van der Waals surface area contributed by atoms with Gasteiger partial charge in [-0.05, 0) is 50.2 Å². The van der Waals surface area contributed by atoms with Crippen molar-refractivity contribution in [3.8, 4) is 0 Å². The molecule has 19 heavy (non-hydrogen) atoms. The molecule has 1 saturated heterocycles. The smallest absolute Gasteiger partial charge is 0.416 e. The van der Waals surface area contributed by atoms with Crippen LogP contribution in [0.2, 0.25) is 0 Å². The molecule has 1 N–H and O–H groups in total. The number of hydrogen-bond donors (Lipinski definition) is 1. The molecule has 0 aliphatic carbocycles. The molecule has 0 saturated carbocycles. The lowest BCUT2D eigenvalue weighted by molar-refractivity contribution is -0.137. The highest BCUT2D eigenvalue weighted by molar-refractivity contribution is 5.89. The van der Waals surface area contributed by atoms with Crippen LogP contribution in [-0.4, -0.2) is 25.2 Å². The minimum absolute atomic E-state index is 0.145. The molecule has 1 aromatic rings. The van der Waals surface area contributed by atoms with Crippen LogP contribution in [0.3, 0.4) is 0 Å². The van der Waals surface area contributed by atoms with Crippen molar-refractivity contribution in [2.24, 2.45) is 0 Å². The summed E-state index contributed by atoms with van der Waals surface area (Å²) < 4.78 is 42.4. The van der Waals surface area contributed by atoms with Crippen molar-refractivity contribution >= 4 is 5.97 Å². The number of rotatable bonds is 2. The maximum Gasteiger partial charge on any atom is 0.416 e. The lowest BCUT2D eigenvalue weighted by Crippen LogP contribution is -2.33. The molecule has 6 heteroatoms. The molecule has 3 nitrogen and oxygen atoms in total. The van der Waals surface area contributed by atoms with Crippen molar-refractivity contribution in [3.63, 3.8) is 0 Å². The van der Waals surface area contributed by atoms with Crippen LogP contribution in [0.4, 0.5) is 13.2 Å². The number of esters is 1. The predicted molar refractivity (Wildman–Crippen MR) is 62.8 cm³/mol. The standard InChI is InChI=1S/C13H14F3NO2/c14-13(15,16)10-3-1-9(2-4-10)12(18)19-11-5-7-17-8-6-11/h1-4,11,17H,5-8H2. The average molecular weight is 273 g/mol. The second kappa shape index (κ2) is 5.61. The summed E-state index contributed by atoms with van der Waals surface area (Å²) in [6.45, 7) is 1.57. The fourth-order valence-electron chi connectivity index (χ4n) is 1.93. The fourth-order valence-corrected chi connectivity index (χ4v) is 1.93. The normalized spacial score (nSPS) is 17.2. The molecule has 1 aliphatic heterocycles. The first-order valence-corrected chi connectivity index (χ1v) is 6.06. The Kier molecular flexibility index (Phi) is 4.09. The van der Waals surface area contributed by atoms with Crippen molar-refractivity contribution in [1.82, 2.24) is 5.32 Å². The number of benzene rings is 1. The van der Waals surface area contributed by atoms with Gasteiger partial charge in [0, 0.05) is 0 Å². The van der Waals surface area contributed by atoms with Gasteiger partial charge in [-0.15, -0.1) is 0 Å². The largest absolute Gasteiger partial charge is 0.459 e. The number of carbonyl (C=O) groups is 1. The van der Waals surface area contributed by atoms with Gasteiger partial charge in [0.05, 0.1) is 11.1 Å². The molecule has 0 unspecified atom stereocenters. The number of ether oxygens (including phenoxy) is 1. The third-order valence-corrected chi connectivity index (χ3v) is 3.01. The van der Waals surface area contributed by atoms with Crippen molar-refractivity contribution in [2.75, 3.05) is 13.1 Å². The first-order valence-electron chi connectivity index (χ1n) is 6.06. The zero-order valence-corrected chi connectivity index (χ0v) is 10.2. The third-order valence-electron chi connectivity index (χ3n) is 3.01. The second-order valence-electron chi connectivity index (χ2n) is 4.43. The molecule has 0 spiro atoms. The fraction of sp³-hybridized carbons (Fsp3) is 0.462. The number of piperidine rings is 1. The van der Waals surface area contributed by atoms with Crippen LogP contribution >= 0.6 is 0 Å². The lowest BCUT2D eigenvalue weighted by atomic mass is 10.1. The Labute approximate surface area is 108 Å². The van der Waals surface area contributed by atoms with Crippen LogP contribution in [0.25, 0.3) is 0 Å². The van der Waals surface area contributed by atoms with Crippen LogP contribution in [0.15, 0.2) is 24.3 Å². The van der Waals surface area contributed by atoms with E-state index in [0.29, 0.717) is 0 Å². The molecular formula is C13H14F3NO2. The monoisotopic (exact) mass is 273 g/mol. The van der Waals surface area contributed by atoms with Crippen molar-refractivity contribution in [1.29, 1.82) is 0 Å². The molecule has 1 aromatic carbocycles. The van der Waals surface area contributed by atoms with Crippen LogP contribution in [0, 0.1) is 0 Å². The van der Waals surface area contributed by atoms with E-state index in [-0.39, 0.29) is 11.7 Å². The SMILES string of the molecule is O=C(OC1CCNCC1)c1ccc(C(F)(F)F)cc1. The number of nitrogens with one attached hydrogen (secondary N) is 1. The topological polar surface area (TPSA) is 38.3 Å². The van der Waals surface area contributed by atoms with Gasteiger partial charge in [-0.2, -0.15) is 13.2 Å². The molecule has 0 aromatic heterocycles. The van der Waals surface area contributed by atoms with E-state index in [1.165, 1.54) is 0 Å². The minimum atomic E-state index is -4.39. The van der Waals surface area contributed by atoms with Gasteiger partial charge in [-0.3, -0.25) is 0 Å². The van der Waals surface area contributed by atoms with E-state index in [1.54, 1.807) is 0 Å². The zero-order chi connectivity index (χ0) is 13.9. The Morgan fingerprint density at radius 3 is 2.26 bits per heavy atom. The Morgan fingerprint density at radius 1 is 1.16 bits per heavy atom. The zero-order valence-electron chi connectivity index (χ0n) is 10.2. The van der Waals surface area contributed by atoms with Gasteiger partial charge in [-0.25, -0.2) is 4.79 Å². The molecule has 1 aliphatic rings. The van der Waals surface area contributed by atoms with Crippen LogP contribution in [-0.2, 0) is 10.9 Å². The van der Waals surface area contributed by atoms with Crippen molar-refractivity contribution in [3.05, 3.63) is 35.4 Å². The van der Waals surface area contributed by atoms with Gasteiger partial charge in [0.2, 0.25) is 0 Å². The van der Waals surface area contributed by atoms with Crippen molar-refractivity contribution < 1.29 is 22.7 Å². The molecule has 0 bridgehead atoms. The highest BCUT2D eigenvalue weighted by Gasteiger charge is 2.30. The lowest BCUT2D eigenvalue weighted by Gasteiger charge is -2.22. The van der Waals surface area contributed by atoms with Crippen LogP contribution < -0.4 is 5.32 Å². The summed E-state index contributed by atoms with van der Waals surface area (Å²) in [6, 6.07) is 4.07. The summed E-state index contributed by atoms with van der Waals surface area (Å²) in [4.78, 5) is 11.7. The van der Waals surface area contributed by atoms with Gasteiger partial charge >= 0.3 is 12.1 Å². The van der Waals surface area contributed by atoms with E-state index in [9.17, 15) is 18.0 Å². The van der Waals surface area contributed by atoms with E-state index in [1.807, 2.05) is 0 Å². The molecule has 0 amide bonds. The van der Waals surface area contributed by atoms with Gasteiger partial charge in [-0.1, -0.05) is 0 Å². The highest BCUT2D eigenvalue weighted by atomic mass is 19.4. The highest BCUT2D eigenvalue weighted by Crippen LogP contribution is 2.29. The van der Waals surface area contributed by atoms with E-state index in [2.05, 4.69) is 5.32 Å². The summed E-state index contributed by atoms with van der Waals surface area (Å²) >= 11 is 0. The molecule has 0 radical (unpaired) electrons. The first-order chi connectivity index (χ1) is 8.97. The van der Waals surface area contributed by atoms with E-state index >= 15 is 0 Å². The summed E-state index contributed by atoms with van der Waals surface area (Å²) in [5, 5.41) is 3.14. The van der Waals surface area contributed by atoms with Crippen LogP contribution in [0.5, 0.6) is 0 Å². The maximum absolute atomic E-state index is 12.4. The third kappa shape index (κ3) is 3.70. The molecule has 1 heterocycles. The Hall–Kier alpha value is -1.56. The van der Waals surface area contributed by atoms with Crippen molar-refractivity contribution in [2.45, 2.75) is 25.1 Å². The molecule has 0 atom stereocenters. The van der Waals surface area contributed by atoms with E-state index < -0.39 is 17.7 Å². The number of alkyl halides is 3. The van der Waals surface area contributed by atoms with Gasteiger partial charge in [0.15, 0.2) is 0 Å². The van der Waals surface area contributed by atoms with Gasteiger partial charge in [0.25, 0.3) is 0 Å². The van der Waals surface area contributed by atoms with Crippen LogP contribution in [0.1, 0.15) is 28.8 Å². The van der Waals surface area contributed by atoms with Gasteiger partial charge in [0.1, 0.15) is 6.10 Å². The maximum atomic E-state index is 12.4. The Balaban J connectivity index is 1.99. The average Bonchev–Trinajstić information content (AvgIpc) is 2.39. The Bertz CT molecular complexity index is 436. The number of hydrogen-bond acceptors (Lipinski definition) is 3. The van der Waals surface area contributed by atoms with E-state index in [4.69, 9.17) is 4.74 Å². The van der Waals surface area contributed by atoms with Gasteiger partial charge < -0.3 is 10.1 Å². The van der Waals surface area contributed by atoms with E-state index in [0.717, 1.165) is 50.2 Å². The summed E-state index contributed by atoms with van der Waals surface area (Å²) in [5.74, 6) is -0.569. The molecule has 2 rings (SSSR count). The Morgan fingerprint density at radius 2 is 1.74 bits per heavy atom. The molecular weight excluding hydrogens is 259 g/mol. The first kappa shape index (κ1) is 13.9. The number of carbonyl (C=O) groups excluding carboxylic acids is 1. The number of halogens is 3. The quantitative estimate of drug-likeness (QED) is 0.842. The molecule has 104 valence electrons. The summed E-state index contributed by atoms with van der Waals surface area (Å²) in [5.41, 5.74) is -0.627. The second-order valence-corrected chi connectivity index (χ2v) is 4.43. The molecule has 1 fully saturated rings. The summed E-state index contributed by atoms with van der Waals surface area (Å²) in [6.07, 6.45) is -3.09. The summed E-state index contributed by atoms with van der Waals surface area (Å²) in [7, 11) is 0. The minimum Gasteiger partial charge on any atom is -0.459 e. The predicted octanol–water partition coefficient (Wildman–Crippen LogP) is 2.61.